The maximum absolute atomic E-state index is 12.8. The third-order valence-corrected chi connectivity index (χ3v) is 6.12. The van der Waals surface area contributed by atoms with Crippen molar-refractivity contribution in [3.63, 3.8) is 0 Å². The van der Waals surface area contributed by atoms with Gasteiger partial charge in [0.2, 0.25) is 0 Å². The molecule has 0 radical (unpaired) electrons. The lowest BCUT2D eigenvalue weighted by Gasteiger charge is -2.43. The lowest BCUT2D eigenvalue weighted by molar-refractivity contribution is -0.384. The number of hydrogen-bond donors (Lipinski definition) is 2. The van der Waals surface area contributed by atoms with Gasteiger partial charge in [0.1, 0.15) is 5.78 Å². The quantitative estimate of drug-likeness (QED) is 0.450. The molecule has 1 aliphatic rings. The van der Waals surface area contributed by atoms with Crippen LogP contribution in [0.25, 0.3) is 0 Å². The van der Waals surface area contributed by atoms with E-state index in [1.165, 1.54) is 26.0 Å². The number of benzene rings is 2. The minimum Gasteiger partial charge on any atom is -0.389 e. The third kappa shape index (κ3) is 4.75. The SMILES string of the molecule is CC(=O)C1=C(Nc2ccc(Br)cc2)C[C@@](C)(O)[C@@H](C(C)=O)[C@@H]1c1ccc([N+](=O)[O-])cc1. The highest BCUT2D eigenvalue weighted by atomic mass is 79.9. The fourth-order valence-electron chi connectivity index (χ4n) is 4.36. The zero-order valence-electron chi connectivity index (χ0n) is 17.4. The first-order valence-electron chi connectivity index (χ1n) is 9.75. The maximum Gasteiger partial charge on any atom is 0.269 e. The summed E-state index contributed by atoms with van der Waals surface area (Å²) in [4.78, 5) is 35.9. The molecule has 7 nitrogen and oxygen atoms in total. The van der Waals surface area contributed by atoms with Crippen LogP contribution < -0.4 is 5.32 Å². The number of non-ortho nitro benzene ring substituents is 1. The minimum absolute atomic E-state index is 0.0890. The molecule has 0 heterocycles. The summed E-state index contributed by atoms with van der Waals surface area (Å²) < 4.78 is 0.898. The highest BCUT2D eigenvalue weighted by Crippen LogP contribution is 2.48. The minimum atomic E-state index is -1.42. The number of hydrogen-bond acceptors (Lipinski definition) is 6. The molecule has 8 heteroatoms. The molecular weight excluding hydrogens is 464 g/mol. The predicted molar refractivity (Wildman–Crippen MR) is 121 cm³/mol. The van der Waals surface area contributed by atoms with Crippen LogP contribution in [0.2, 0.25) is 0 Å². The van der Waals surface area contributed by atoms with Gasteiger partial charge in [-0.1, -0.05) is 28.1 Å². The first-order chi connectivity index (χ1) is 14.5. The number of ketones is 2. The van der Waals surface area contributed by atoms with Gasteiger partial charge in [0.25, 0.3) is 5.69 Å². The highest BCUT2D eigenvalue weighted by Gasteiger charge is 2.49. The van der Waals surface area contributed by atoms with Gasteiger partial charge in [-0.3, -0.25) is 19.7 Å². The number of aliphatic hydroxyl groups is 1. The number of nitro benzene ring substituents is 1. The van der Waals surface area contributed by atoms with Crippen LogP contribution in [0.1, 0.15) is 38.7 Å². The number of Topliss-reactive ketones (excluding diaryl/α,β-unsaturated/α-hetero) is 2. The average Bonchev–Trinajstić information content (AvgIpc) is 2.68. The summed E-state index contributed by atoms with van der Waals surface area (Å²) in [6.07, 6.45) is 0.0890. The Kier molecular flexibility index (Phi) is 6.43. The van der Waals surface area contributed by atoms with Crippen molar-refractivity contribution in [3.05, 3.63) is 80.0 Å². The molecule has 2 N–H and O–H groups in total. The van der Waals surface area contributed by atoms with Crippen LogP contribution in [0.4, 0.5) is 11.4 Å². The second-order valence-corrected chi connectivity index (χ2v) is 8.94. The Morgan fingerprint density at radius 1 is 1.13 bits per heavy atom. The third-order valence-electron chi connectivity index (χ3n) is 5.59. The van der Waals surface area contributed by atoms with E-state index in [1.54, 1.807) is 19.1 Å². The first-order valence-corrected chi connectivity index (χ1v) is 10.5. The molecule has 0 bridgehead atoms. The fraction of sp³-hybridized carbons (Fsp3) is 0.304. The van der Waals surface area contributed by atoms with Gasteiger partial charge in [-0.05, 0) is 50.6 Å². The lowest BCUT2D eigenvalue weighted by atomic mass is 9.64. The van der Waals surface area contributed by atoms with Gasteiger partial charge in [0.05, 0.1) is 16.4 Å². The second kappa shape index (κ2) is 8.72. The topological polar surface area (TPSA) is 110 Å². The molecule has 0 saturated heterocycles. The zero-order valence-corrected chi connectivity index (χ0v) is 19.0. The number of allylic oxidation sites excluding steroid dienone is 1. The summed E-state index contributed by atoms with van der Waals surface area (Å²) in [5.41, 5.74) is 0.702. The van der Waals surface area contributed by atoms with E-state index in [-0.39, 0.29) is 23.7 Å². The Morgan fingerprint density at radius 3 is 2.19 bits per heavy atom. The van der Waals surface area contributed by atoms with E-state index in [4.69, 9.17) is 0 Å². The predicted octanol–water partition coefficient (Wildman–Crippen LogP) is 4.76. The van der Waals surface area contributed by atoms with Gasteiger partial charge < -0.3 is 10.4 Å². The van der Waals surface area contributed by atoms with Crippen LogP contribution in [0.3, 0.4) is 0 Å². The summed E-state index contributed by atoms with van der Waals surface area (Å²) in [6.45, 7) is 4.40. The molecule has 0 aliphatic heterocycles. The molecular formula is C23H23BrN2O5. The number of halogens is 1. The van der Waals surface area contributed by atoms with E-state index in [9.17, 15) is 24.8 Å². The molecule has 3 rings (SSSR count). The zero-order chi connectivity index (χ0) is 22.9. The maximum atomic E-state index is 12.8. The van der Waals surface area contributed by atoms with Crippen molar-refractivity contribution in [1.29, 1.82) is 0 Å². The van der Waals surface area contributed by atoms with Crippen LogP contribution >= 0.6 is 15.9 Å². The fourth-order valence-corrected chi connectivity index (χ4v) is 4.63. The summed E-state index contributed by atoms with van der Waals surface area (Å²) in [7, 11) is 0. The molecule has 0 spiro atoms. The van der Waals surface area contributed by atoms with Crippen molar-refractivity contribution in [2.24, 2.45) is 5.92 Å². The van der Waals surface area contributed by atoms with E-state index in [0.29, 0.717) is 16.8 Å². The van der Waals surface area contributed by atoms with Crippen LogP contribution in [-0.2, 0) is 9.59 Å². The van der Waals surface area contributed by atoms with E-state index in [0.717, 1.165) is 10.2 Å². The Morgan fingerprint density at radius 2 is 1.71 bits per heavy atom. The van der Waals surface area contributed by atoms with Gasteiger partial charge in [0, 0.05) is 45.9 Å². The molecule has 2 aromatic carbocycles. The summed E-state index contributed by atoms with van der Waals surface area (Å²) in [5, 5.41) is 25.5. The lowest BCUT2D eigenvalue weighted by Crippen LogP contribution is -2.48. The molecule has 0 fully saturated rings. The first kappa shape index (κ1) is 22.8. The van der Waals surface area contributed by atoms with Crippen molar-refractivity contribution in [2.75, 3.05) is 5.32 Å². The highest BCUT2D eigenvalue weighted by molar-refractivity contribution is 9.10. The van der Waals surface area contributed by atoms with E-state index >= 15 is 0 Å². The van der Waals surface area contributed by atoms with Crippen molar-refractivity contribution >= 4 is 38.9 Å². The number of rotatable bonds is 6. The number of nitrogens with zero attached hydrogens (tertiary/aromatic N) is 1. The Labute approximate surface area is 188 Å². The van der Waals surface area contributed by atoms with Crippen molar-refractivity contribution in [2.45, 2.75) is 38.7 Å². The Bertz CT molecular complexity index is 1060. The molecule has 31 heavy (non-hydrogen) atoms. The molecule has 0 unspecified atom stereocenters. The van der Waals surface area contributed by atoms with Gasteiger partial charge in [-0.2, -0.15) is 0 Å². The van der Waals surface area contributed by atoms with Crippen molar-refractivity contribution < 1.29 is 19.6 Å². The Balaban J connectivity index is 2.19. The molecule has 2 aromatic rings. The van der Waals surface area contributed by atoms with Gasteiger partial charge in [-0.25, -0.2) is 0 Å². The molecule has 0 saturated carbocycles. The average molecular weight is 487 g/mol. The number of anilines is 1. The summed E-state index contributed by atoms with van der Waals surface area (Å²) >= 11 is 3.38. The normalized spacial score (nSPS) is 23.4. The molecule has 0 amide bonds. The van der Waals surface area contributed by atoms with Crippen molar-refractivity contribution in [1.82, 2.24) is 0 Å². The largest absolute Gasteiger partial charge is 0.389 e. The van der Waals surface area contributed by atoms with Crippen LogP contribution in [0, 0.1) is 16.0 Å². The van der Waals surface area contributed by atoms with E-state index < -0.39 is 22.4 Å². The van der Waals surface area contributed by atoms with Crippen LogP contribution in [-0.4, -0.2) is 27.2 Å². The van der Waals surface area contributed by atoms with Crippen LogP contribution in [0.5, 0.6) is 0 Å². The second-order valence-electron chi connectivity index (χ2n) is 8.03. The van der Waals surface area contributed by atoms with Gasteiger partial charge in [0.15, 0.2) is 5.78 Å². The Hall–Kier alpha value is -2.84. The van der Waals surface area contributed by atoms with E-state index in [2.05, 4.69) is 21.2 Å². The summed E-state index contributed by atoms with van der Waals surface area (Å²) in [5.74, 6) is -2.10. The smallest absolute Gasteiger partial charge is 0.269 e. The molecule has 0 aromatic heterocycles. The number of carbonyl (C=O) groups excluding carboxylic acids is 2. The summed E-state index contributed by atoms with van der Waals surface area (Å²) in [6, 6.07) is 13.1. The van der Waals surface area contributed by atoms with Crippen LogP contribution in [0.15, 0.2) is 64.3 Å². The molecule has 3 atom stereocenters. The van der Waals surface area contributed by atoms with Crippen molar-refractivity contribution in [3.8, 4) is 0 Å². The number of nitrogens with one attached hydrogen (secondary N) is 1. The number of carbonyl (C=O) groups is 2. The van der Waals surface area contributed by atoms with Gasteiger partial charge in [-0.15, -0.1) is 0 Å². The standard InChI is InChI=1S/C23H23BrN2O5/c1-13(27)20-19(25-17-8-6-16(24)7-9-17)12-23(3,29)22(14(2)28)21(20)15-4-10-18(11-5-15)26(30)31/h4-11,21-22,25,29H,12H2,1-3H3/t21-,22+,23-/m1/s1. The monoisotopic (exact) mass is 486 g/mol. The van der Waals surface area contributed by atoms with E-state index in [1.807, 2.05) is 24.3 Å². The molecule has 1 aliphatic carbocycles. The molecule has 162 valence electrons. The number of nitro groups is 1. The van der Waals surface area contributed by atoms with Gasteiger partial charge >= 0.3 is 0 Å².